The normalized spacial score (nSPS) is 11.5. The molecule has 10 heteroatoms. The maximum Gasteiger partial charge on any atom is 0.417 e. The number of carbonyl (C=O) groups excluding carboxylic acids is 1. The van der Waals surface area contributed by atoms with Crippen LogP contribution in [0.15, 0.2) is 27.8 Å². The number of rotatable bonds is 6. The van der Waals surface area contributed by atoms with Gasteiger partial charge >= 0.3 is 12.1 Å². The van der Waals surface area contributed by atoms with E-state index in [4.69, 9.17) is 16.0 Å². The molecule has 0 fully saturated rings. The van der Waals surface area contributed by atoms with Gasteiger partial charge in [-0.3, -0.25) is 4.79 Å². The zero-order valence-electron chi connectivity index (χ0n) is 12.4. The zero-order chi connectivity index (χ0) is 17.7. The Bertz CT molecular complexity index is 722. The van der Waals surface area contributed by atoms with E-state index in [0.717, 1.165) is 6.07 Å². The third-order valence-corrected chi connectivity index (χ3v) is 4.23. The number of carbonyl (C=O) groups is 1. The van der Waals surface area contributed by atoms with E-state index in [9.17, 15) is 18.0 Å². The molecule has 130 valence electrons. The van der Waals surface area contributed by atoms with E-state index in [1.54, 1.807) is 0 Å². The summed E-state index contributed by atoms with van der Waals surface area (Å²) in [5.74, 6) is 0.103. The first-order valence-corrected chi connectivity index (χ1v) is 8.08. The molecule has 0 saturated carbocycles. The fourth-order valence-electron chi connectivity index (χ4n) is 1.77. The molecule has 0 aliphatic rings. The molecule has 0 amide bonds. The zero-order valence-corrected chi connectivity index (χ0v) is 14.0. The number of benzene rings is 1. The van der Waals surface area contributed by atoms with Gasteiger partial charge in [-0.05, 0) is 18.6 Å². The standard InChI is InChI=1S/C14H12ClF3N2O3S/c1-22-10(21)6-3-7-24-13-20-19-12(23-13)8-4-2-5-9(11(8)15)14(16,17)18/h2,4-5H,3,6-7H2,1H3. The van der Waals surface area contributed by atoms with E-state index in [1.807, 2.05) is 0 Å². The molecule has 2 rings (SSSR count). The van der Waals surface area contributed by atoms with Crippen molar-refractivity contribution >= 4 is 29.3 Å². The van der Waals surface area contributed by atoms with Crippen LogP contribution in [0.1, 0.15) is 18.4 Å². The number of alkyl halides is 3. The molecule has 1 heterocycles. The van der Waals surface area contributed by atoms with E-state index >= 15 is 0 Å². The molecular formula is C14H12ClF3N2O3S. The summed E-state index contributed by atoms with van der Waals surface area (Å²) in [7, 11) is 1.30. The molecule has 24 heavy (non-hydrogen) atoms. The van der Waals surface area contributed by atoms with Crippen molar-refractivity contribution in [1.82, 2.24) is 10.2 Å². The third-order valence-electron chi connectivity index (χ3n) is 2.92. The SMILES string of the molecule is COC(=O)CCCSc1nnc(-c2cccc(C(F)(F)F)c2Cl)o1. The monoisotopic (exact) mass is 380 g/mol. The molecule has 0 saturated heterocycles. The number of hydrogen-bond acceptors (Lipinski definition) is 6. The van der Waals surface area contributed by atoms with Crippen LogP contribution in [-0.4, -0.2) is 29.0 Å². The first-order chi connectivity index (χ1) is 11.3. The molecule has 0 aliphatic heterocycles. The van der Waals surface area contributed by atoms with E-state index in [1.165, 1.54) is 31.0 Å². The van der Waals surface area contributed by atoms with Crippen LogP contribution in [0.4, 0.5) is 13.2 Å². The van der Waals surface area contributed by atoms with Crippen LogP contribution in [0, 0.1) is 0 Å². The molecule has 0 N–H and O–H groups in total. The lowest BCUT2D eigenvalue weighted by Crippen LogP contribution is -2.06. The molecular weight excluding hydrogens is 369 g/mol. The van der Waals surface area contributed by atoms with Gasteiger partial charge in [0.1, 0.15) is 0 Å². The van der Waals surface area contributed by atoms with Crippen LogP contribution in [0.5, 0.6) is 0 Å². The minimum atomic E-state index is -4.57. The number of methoxy groups -OCH3 is 1. The van der Waals surface area contributed by atoms with E-state index in [-0.39, 0.29) is 29.1 Å². The molecule has 5 nitrogen and oxygen atoms in total. The van der Waals surface area contributed by atoms with E-state index in [2.05, 4.69) is 14.9 Å². The Morgan fingerprint density at radius 1 is 1.38 bits per heavy atom. The van der Waals surface area contributed by atoms with Gasteiger partial charge in [-0.1, -0.05) is 29.4 Å². The Labute approximate surface area is 144 Å². The smallest absolute Gasteiger partial charge is 0.417 e. The Morgan fingerprint density at radius 2 is 2.12 bits per heavy atom. The summed E-state index contributed by atoms with van der Waals surface area (Å²) in [5.41, 5.74) is -0.951. The lowest BCUT2D eigenvalue weighted by atomic mass is 10.1. The predicted molar refractivity (Wildman–Crippen MR) is 81.7 cm³/mol. The highest BCUT2D eigenvalue weighted by Crippen LogP contribution is 2.39. The highest BCUT2D eigenvalue weighted by Gasteiger charge is 2.34. The summed E-state index contributed by atoms with van der Waals surface area (Å²) in [5, 5.41) is 7.17. The van der Waals surface area contributed by atoms with Crippen molar-refractivity contribution in [3.8, 4) is 11.5 Å². The molecule has 0 bridgehead atoms. The summed E-state index contributed by atoms with van der Waals surface area (Å²) in [6, 6.07) is 3.47. The van der Waals surface area contributed by atoms with Crippen molar-refractivity contribution in [2.75, 3.05) is 12.9 Å². The first kappa shape index (κ1) is 18.6. The fraction of sp³-hybridized carbons (Fsp3) is 0.357. The molecule has 1 aromatic carbocycles. The summed E-state index contributed by atoms with van der Waals surface area (Å²) in [4.78, 5) is 11.0. The van der Waals surface area contributed by atoms with Crippen molar-refractivity contribution in [3.63, 3.8) is 0 Å². The quantitative estimate of drug-likeness (QED) is 0.419. The molecule has 2 aromatic rings. The summed E-state index contributed by atoms with van der Waals surface area (Å²) in [6.07, 6.45) is -3.78. The van der Waals surface area contributed by atoms with Gasteiger partial charge in [-0.25, -0.2) is 0 Å². The second-order valence-electron chi connectivity index (χ2n) is 4.57. The Hall–Kier alpha value is -1.74. The van der Waals surface area contributed by atoms with Crippen molar-refractivity contribution in [2.45, 2.75) is 24.2 Å². The van der Waals surface area contributed by atoms with Gasteiger partial charge in [0.25, 0.3) is 5.22 Å². The molecule has 0 atom stereocenters. The minimum Gasteiger partial charge on any atom is -0.469 e. The molecule has 1 aromatic heterocycles. The van der Waals surface area contributed by atoms with Crippen LogP contribution < -0.4 is 0 Å². The van der Waals surface area contributed by atoms with Crippen LogP contribution >= 0.6 is 23.4 Å². The number of hydrogen-bond donors (Lipinski definition) is 0. The average Bonchev–Trinajstić information content (AvgIpc) is 2.99. The largest absolute Gasteiger partial charge is 0.469 e. The number of ether oxygens (including phenoxy) is 1. The van der Waals surface area contributed by atoms with Crippen LogP contribution in [0.2, 0.25) is 5.02 Å². The van der Waals surface area contributed by atoms with Gasteiger partial charge in [0, 0.05) is 12.2 Å². The van der Waals surface area contributed by atoms with Gasteiger partial charge < -0.3 is 9.15 Å². The van der Waals surface area contributed by atoms with Gasteiger partial charge in [-0.2, -0.15) is 13.2 Å². The first-order valence-electron chi connectivity index (χ1n) is 6.72. The number of halogens is 4. The van der Waals surface area contributed by atoms with Gasteiger partial charge in [0.05, 0.1) is 23.3 Å². The average molecular weight is 381 g/mol. The minimum absolute atomic E-state index is 0.0143. The third kappa shape index (κ3) is 4.64. The van der Waals surface area contributed by atoms with Crippen LogP contribution in [0.3, 0.4) is 0 Å². The molecule has 0 unspecified atom stereocenters. The van der Waals surface area contributed by atoms with Gasteiger partial charge in [0.15, 0.2) is 0 Å². The number of nitrogens with zero attached hydrogens (tertiary/aromatic N) is 2. The second-order valence-corrected chi connectivity index (χ2v) is 5.99. The van der Waals surface area contributed by atoms with E-state index < -0.39 is 16.8 Å². The molecule has 0 radical (unpaired) electrons. The van der Waals surface area contributed by atoms with E-state index in [0.29, 0.717) is 12.2 Å². The maximum absolute atomic E-state index is 12.9. The van der Waals surface area contributed by atoms with Gasteiger partial charge in [-0.15, -0.1) is 10.2 Å². The Balaban J connectivity index is 2.07. The fourth-order valence-corrected chi connectivity index (χ4v) is 2.78. The highest BCUT2D eigenvalue weighted by molar-refractivity contribution is 7.99. The second kappa shape index (κ2) is 7.89. The lowest BCUT2D eigenvalue weighted by molar-refractivity contribution is -0.140. The summed E-state index contributed by atoms with van der Waals surface area (Å²) >= 11 is 7.00. The Kier molecular flexibility index (Phi) is 6.11. The topological polar surface area (TPSA) is 65.2 Å². The predicted octanol–water partition coefficient (Wildman–Crippen LogP) is 4.45. The molecule has 0 aliphatic carbocycles. The van der Waals surface area contributed by atoms with Crippen LogP contribution in [0.25, 0.3) is 11.5 Å². The van der Waals surface area contributed by atoms with Crippen molar-refractivity contribution in [1.29, 1.82) is 0 Å². The van der Waals surface area contributed by atoms with Crippen molar-refractivity contribution in [3.05, 3.63) is 28.8 Å². The van der Waals surface area contributed by atoms with Crippen molar-refractivity contribution < 1.29 is 27.1 Å². The van der Waals surface area contributed by atoms with Crippen molar-refractivity contribution in [2.24, 2.45) is 0 Å². The maximum atomic E-state index is 12.9. The number of aromatic nitrogens is 2. The van der Waals surface area contributed by atoms with Crippen LogP contribution in [-0.2, 0) is 15.7 Å². The highest BCUT2D eigenvalue weighted by atomic mass is 35.5. The molecule has 0 spiro atoms. The number of thioether (sulfide) groups is 1. The lowest BCUT2D eigenvalue weighted by Gasteiger charge is -2.10. The van der Waals surface area contributed by atoms with Gasteiger partial charge in [0.2, 0.25) is 5.89 Å². The summed E-state index contributed by atoms with van der Waals surface area (Å²) < 4.78 is 48.4. The number of esters is 1. The Morgan fingerprint density at radius 3 is 2.79 bits per heavy atom. The summed E-state index contributed by atoms with van der Waals surface area (Å²) in [6.45, 7) is 0.